The zero-order valence-electron chi connectivity index (χ0n) is 20.9. The first-order valence-electron chi connectivity index (χ1n) is 12.2. The molecule has 15 atom stereocenters. The van der Waals surface area contributed by atoms with E-state index in [4.69, 9.17) is 58.4 Å². The Hall–Kier alpha value is -0.350. The third-order valence-corrected chi connectivity index (χ3v) is 8.01. The summed E-state index contributed by atoms with van der Waals surface area (Å²) in [6.45, 7) is -0.734. The number of halogens is 2. The largest absolute Gasteiger partial charge is 0.394 e. The van der Waals surface area contributed by atoms with E-state index in [0.29, 0.717) is 6.42 Å². The standard InChI is InChI=1S/C21H37Cl2N3O13/c1-2-3-26-11-13(31)15(37-18-10(25)16(32)21(23,34)20(22,6-29)39-18)8(5-28)36-19(11)38-14-7(4-27)35-17(33)9(24)12(14)30/h3,7-19,27-34H,2,4-6,24-25H2,1H3/t7-,8-,9-,10-,11-,12-,13-,14?,15?,16-,17-,18+,19+,20+,21-/m1/s1. The minimum atomic E-state index is -2.71. The van der Waals surface area contributed by atoms with E-state index in [0.717, 1.165) is 0 Å². The molecule has 0 aliphatic carbocycles. The summed E-state index contributed by atoms with van der Waals surface area (Å²) in [6.07, 6.45) is -13.3. The lowest BCUT2D eigenvalue weighted by molar-refractivity contribution is -0.354. The molecule has 0 saturated carbocycles. The molecule has 3 rings (SSSR count). The fraction of sp³-hybridized carbons (Fsp3) is 0.952. The van der Waals surface area contributed by atoms with Crippen LogP contribution >= 0.6 is 23.2 Å². The second-order valence-corrected chi connectivity index (χ2v) is 10.7. The van der Waals surface area contributed by atoms with Crippen molar-refractivity contribution in [3.8, 4) is 0 Å². The van der Waals surface area contributed by atoms with Gasteiger partial charge in [-0.3, -0.25) is 4.99 Å². The Morgan fingerprint density at radius 2 is 1.46 bits per heavy atom. The Kier molecular flexibility index (Phi) is 11.3. The molecule has 3 saturated heterocycles. The van der Waals surface area contributed by atoms with Crippen molar-refractivity contribution in [1.29, 1.82) is 0 Å². The molecule has 18 heteroatoms. The molecule has 0 aromatic rings. The minimum Gasteiger partial charge on any atom is -0.394 e. The normalized spacial score (nSPS) is 51.4. The number of rotatable bonds is 9. The van der Waals surface area contributed by atoms with Crippen LogP contribution in [0.4, 0.5) is 0 Å². The lowest BCUT2D eigenvalue weighted by atomic mass is 9.94. The highest BCUT2D eigenvalue weighted by Gasteiger charge is 2.63. The molecule has 3 aliphatic heterocycles. The van der Waals surface area contributed by atoms with E-state index in [1.807, 2.05) is 0 Å². The molecule has 3 aliphatic rings. The van der Waals surface area contributed by atoms with Crippen LogP contribution in [0.3, 0.4) is 0 Å². The highest BCUT2D eigenvalue weighted by Crippen LogP contribution is 2.44. The van der Waals surface area contributed by atoms with Crippen molar-refractivity contribution in [2.24, 2.45) is 16.5 Å². The van der Waals surface area contributed by atoms with E-state index in [-0.39, 0.29) is 0 Å². The number of alkyl halides is 2. The summed E-state index contributed by atoms with van der Waals surface area (Å²) in [5.74, 6) is 0. The quantitative estimate of drug-likeness (QED) is 0.0865. The molecular formula is C21H37Cl2N3O13. The topological polar surface area (TPSA) is 272 Å². The van der Waals surface area contributed by atoms with Crippen molar-refractivity contribution >= 4 is 29.4 Å². The summed E-state index contributed by atoms with van der Waals surface area (Å²) in [6, 6.07) is -4.11. The average Bonchev–Trinajstić information content (AvgIpc) is 2.91. The monoisotopic (exact) mass is 609 g/mol. The molecule has 16 nitrogen and oxygen atoms in total. The van der Waals surface area contributed by atoms with Gasteiger partial charge in [-0.1, -0.05) is 30.1 Å². The van der Waals surface area contributed by atoms with E-state index < -0.39 is 110 Å². The number of ether oxygens (including phenoxy) is 5. The van der Waals surface area contributed by atoms with E-state index >= 15 is 0 Å². The van der Waals surface area contributed by atoms with Crippen LogP contribution in [0, 0.1) is 0 Å². The molecule has 228 valence electrons. The predicted molar refractivity (Wildman–Crippen MR) is 131 cm³/mol. The first-order chi connectivity index (χ1) is 18.3. The number of aliphatic hydroxyl groups excluding tert-OH is 7. The van der Waals surface area contributed by atoms with Crippen LogP contribution in [0.2, 0.25) is 0 Å². The van der Waals surface area contributed by atoms with Crippen LogP contribution in [-0.2, 0) is 23.7 Å². The Morgan fingerprint density at radius 1 is 0.897 bits per heavy atom. The Labute approximate surface area is 233 Å². The maximum atomic E-state index is 11.3. The van der Waals surface area contributed by atoms with Gasteiger partial charge in [0.25, 0.3) is 0 Å². The number of aliphatic imine (C=N–C) groups is 1. The summed E-state index contributed by atoms with van der Waals surface area (Å²) in [5, 5.41) is 76.8. The van der Waals surface area contributed by atoms with Crippen LogP contribution in [0.1, 0.15) is 13.3 Å². The lowest BCUT2D eigenvalue weighted by Gasteiger charge is -2.51. The van der Waals surface area contributed by atoms with Gasteiger partial charge in [-0.05, 0) is 12.6 Å². The highest BCUT2D eigenvalue weighted by atomic mass is 35.5. The molecule has 0 amide bonds. The molecule has 12 N–H and O–H groups in total. The van der Waals surface area contributed by atoms with Gasteiger partial charge in [0, 0.05) is 0 Å². The predicted octanol–water partition coefficient (Wildman–Crippen LogP) is -5.02. The van der Waals surface area contributed by atoms with Crippen molar-refractivity contribution in [3.05, 3.63) is 0 Å². The minimum absolute atomic E-state index is 0.429. The van der Waals surface area contributed by atoms with Crippen LogP contribution in [0.25, 0.3) is 0 Å². The van der Waals surface area contributed by atoms with Crippen LogP contribution in [0.5, 0.6) is 0 Å². The lowest BCUT2D eigenvalue weighted by Crippen LogP contribution is -2.73. The number of hydrogen-bond donors (Lipinski definition) is 10. The molecule has 0 radical (unpaired) electrons. The van der Waals surface area contributed by atoms with Gasteiger partial charge in [-0.2, -0.15) is 0 Å². The van der Waals surface area contributed by atoms with E-state index in [1.54, 1.807) is 6.92 Å². The zero-order chi connectivity index (χ0) is 29.3. The van der Waals surface area contributed by atoms with Gasteiger partial charge in [0.1, 0.15) is 48.8 Å². The second kappa shape index (κ2) is 13.3. The smallest absolute Gasteiger partial charge is 0.212 e. The second-order valence-electron chi connectivity index (χ2n) is 9.53. The number of nitrogens with two attached hydrogens (primary N) is 2. The summed E-state index contributed by atoms with van der Waals surface area (Å²) in [7, 11) is 0. The van der Waals surface area contributed by atoms with Gasteiger partial charge >= 0.3 is 0 Å². The maximum absolute atomic E-state index is 11.3. The average molecular weight is 610 g/mol. The highest BCUT2D eigenvalue weighted by molar-refractivity contribution is 6.33. The van der Waals surface area contributed by atoms with Gasteiger partial charge in [0.15, 0.2) is 18.9 Å². The Balaban J connectivity index is 1.87. The third kappa shape index (κ3) is 6.37. The van der Waals surface area contributed by atoms with Crippen LogP contribution in [-0.4, -0.2) is 157 Å². The third-order valence-electron chi connectivity index (χ3n) is 6.88. The molecule has 3 heterocycles. The molecule has 39 heavy (non-hydrogen) atoms. The van der Waals surface area contributed by atoms with Gasteiger partial charge in [0.2, 0.25) is 10.1 Å². The summed E-state index contributed by atoms with van der Waals surface area (Å²) in [4.78, 5) is 4.25. The maximum Gasteiger partial charge on any atom is 0.212 e. The number of hydrogen-bond acceptors (Lipinski definition) is 16. The summed E-state index contributed by atoms with van der Waals surface area (Å²) in [5.41, 5.74) is 11.7. The molecular weight excluding hydrogens is 573 g/mol. The molecule has 0 aromatic heterocycles. The first kappa shape index (κ1) is 33.2. The van der Waals surface area contributed by atoms with Gasteiger partial charge in [-0.15, -0.1) is 0 Å². The van der Waals surface area contributed by atoms with E-state index in [2.05, 4.69) is 4.99 Å². The first-order valence-corrected chi connectivity index (χ1v) is 13.0. The van der Waals surface area contributed by atoms with Crippen LogP contribution in [0.15, 0.2) is 4.99 Å². The Morgan fingerprint density at radius 3 is 2.03 bits per heavy atom. The fourth-order valence-corrected chi connectivity index (χ4v) is 4.98. The Bertz CT molecular complexity index is 832. The van der Waals surface area contributed by atoms with Crippen molar-refractivity contribution in [3.63, 3.8) is 0 Å². The summed E-state index contributed by atoms with van der Waals surface area (Å²) >= 11 is 12.0. The molecule has 3 fully saturated rings. The summed E-state index contributed by atoms with van der Waals surface area (Å²) < 4.78 is 28.0. The molecule has 2 unspecified atom stereocenters. The molecule has 0 bridgehead atoms. The fourth-order valence-electron chi connectivity index (χ4n) is 4.54. The van der Waals surface area contributed by atoms with Crippen LogP contribution < -0.4 is 11.5 Å². The molecule has 0 spiro atoms. The van der Waals surface area contributed by atoms with E-state index in [9.17, 15) is 40.9 Å². The van der Waals surface area contributed by atoms with Gasteiger partial charge < -0.3 is 76.0 Å². The number of aliphatic hydroxyl groups is 8. The van der Waals surface area contributed by atoms with Crippen molar-refractivity contribution in [2.45, 2.75) is 103 Å². The number of nitrogens with zero attached hydrogens (tertiary/aromatic N) is 1. The molecule has 0 aromatic carbocycles. The van der Waals surface area contributed by atoms with Crippen molar-refractivity contribution in [1.82, 2.24) is 0 Å². The van der Waals surface area contributed by atoms with E-state index in [1.165, 1.54) is 6.21 Å². The SMILES string of the molecule is CCC=N[C@H]1[C@H](OC2[C@@H](CO)O[C@@H](O)[C@H](N)[C@H]2O)O[C@H](CO)C(O[C@H]2O[C@@](Cl)(CO)[C@@](O)(Cl)[C@H](O)[C@H]2N)[C@@H]1O. The zero-order valence-corrected chi connectivity index (χ0v) is 22.4. The van der Waals surface area contributed by atoms with Crippen molar-refractivity contribution in [2.75, 3.05) is 19.8 Å². The van der Waals surface area contributed by atoms with Gasteiger partial charge in [-0.25, -0.2) is 0 Å². The van der Waals surface area contributed by atoms with Gasteiger partial charge in [0.05, 0.1) is 31.9 Å². The van der Waals surface area contributed by atoms with Crippen molar-refractivity contribution < 1.29 is 64.5 Å².